The maximum absolute atomic E-state index is 10.3. The summed E-state index contributed by atoms with van der Waals surface area (Å²) < 4.78 is 0. The largest absolute Gasteiger partial charge is 0.476 e. The Kier molecular flexibility index (Phi) is 7.84. The number of nitrogens with zero attached hydrogens (tertiary/aromatic N) is 3. The molecule has 0 spiro atoms. The number of aryl methyl sites for hydroxylation is 1. The Bertz CT molecular complexity index is 571. The van der Waals surface area contributed by atoms with Crippen LogP contribution in [0.4, 0.5) is 0 Å². The highest BCUT2D eigenvalue weighted by Crippen LogP contribution is 1.91. The van der Waals surface area contributed by atoms with Gasteiger partial charge >= 0.3 is 5.97 Å². The van der Waals surface area contributed by atoms with E-state index in [0.717, 1.165) is 5.69 Å². The van der Waals surface area contributed by atoms with Gasteiger partial charge < -0.3 is 5.11 Å². The number of carbonyl (C=O) groups is 1. The number of rotatable bonds is 1. The third-order valence-electron chi connectivity index (χ3n) is 1.90. The number of thiophene rings is 1. The van der Waals surface area contributed by atoms with Crippen LogP contribution in [-0.4, -0.2) is 32.2 Å². The fourth-order valence-electron chi connectivity index (χ4n) is 0.994. The summed E-state index contributed by atoms with van der Waals surface area (Å²) in [5.41, 5.74) is 3.37. The number of carboxylic acids is 1. The molecule has 0 unspecified atom stereocenters. The fraction of sp³-hybridized carbons (Fsp3) is 0.0769. The van der Waals surface area contributed by atoms with Crippen LogP contribution in [0, 0.1) is 6.92 Å². The van der Waals surface area contributed by atoms with Gasteiger partial charge in [-0.3, -0.25) is 10.5 Å². The predicted octanol–water partition coefficient (Wildman–Crippen LogP) is 1.96. The standard InChI is InChI=1S/C6H6N2O2.C4H4S.C3H5N3/c9-6(10)5-3-1-2-4-7-8-5;1-2-4-5-3-1;1-3-2-4-6-5-3/h1-4,7H,(H,9,10);1-4H;2H,1H3,(H,4,5,6). The third-order valence-corrected chi connectivity index (χ3v) is 2.53. The summed E-state index contributed by atoms with van der Waals surface area (Å²) >= 11 is 1.71. The van der Waals surface area contributed by atoms with E-state index in [1.165, 1.54) is 6.08 Å². The maximum Gasteiger partial charge on any atom is 0.356 e. The number of carboxylic acid groups (broad SMARTS) is 1. The second-order valence-electron chi connectivity index (χ2n) is 3.56. The van der Waals surface area contributed by atoms with Crippen LogP contribution in [0.2, 0.25) is 0 Å². The molecule has 2 aromatic rings. The van der Waals surface area contributed by atoms with Gasteiger partial charge in [0.15, 0.2) is 5.71 Å². The van der Waals surface area contributed by atoms with E-state index in [2.05, 4.69) is 25.9 Å². The monoisotopic (exact) mass is 305 g/mol. The molecule has 1 aliphatic heterocycles. The first kappa shape index (κ1) is 16.3. The fourth-order valence-corrected chi connectivity index (χ4v) is 1.45. The zero-order chi connectivity index (χ0) is 15.3. The molecule has 21 heavy (non-hydrogen) atoms. The van der Waals surface area contributed by atoms with Crippen LogP contribution in [0.1, 0.15) is 5.69 Å². The molecule has 0 radical (unpaired) electrons. The first-order chi connectivity index (χ1) is 10.2. The number of hydrogen-bond donors (Lipinski definition) is 3. The summed E-state index contributed by atoms with van der Waals surface area (Å²) in [6.45, 7) is 1.88. The molecule has 0 saturated heterocycles. The van der Waals surface area contributed by atoms with Gasteiger partial charge in [-0.1, -0.05) is 23.4 Å². The zero-order valence-corrected chi connectivity index (χ0v) is 12.1. The van der Waals surface area contributed by atoms with Crippen LogP contribution < -0.4 is 5.43 Å². The van der Waals surface area contributed by atoms with Crippen LogP contribution in [-0.2, 0) is 4.79 Å². The Balaban J connectivity index is 0.000000170. The lowest BCUT2D eigenvalue weighted by Gasteiger charge is -1.89. The summed E-state index contributed by atoms with van der Waals surface area (Å²) in [7, 11) is 0. The molecule has 3 rings (SSSR count). The van der Waals surface area contributed by atoms with E-state index in [1.54, 1.807) is 35.9 Å². The van der Waals surface area contributed by atoms with Crippen molar-refractivity contribution >= 4 is 23.0 Å². The molecule has 0 saturated carbocycles. The van der Waals surface area contributed by atoms with Crippen LogP contribution >= 0.6 is 11.3 Å². The smallest absolute Gasteiger partial charge is 0.356 e. The van der Waals surface area contributed by atoms with E-state index in [0.29, 0.717) is 0 Å². The summed E-state index contributed by atoms with van der Waals surface area (Å²) in [4.78, 5) is 10.3. The number of hydrazone groups is 1. The number of aliphatic carboxylic acids is 1. The predicted molar refractivity (Wildman–Crippen MR) is 81.9 cm³/mol. The zero-order valence-electron chi connectivity index (χ0n) is 11.3. The SMILES string of the molecule is Cc1c[nH]nn1.O=C(O)C1=NNC=CC=C1.c1ccsc1. The Morgan fingerprint density at radius 2 is 2.05 bits per heavy atom. The van der Waals surface area contributed by atoms with E-state index in [4.69, 9.17) is 5.11 Å². The van der Waals surface area contributed by atoms with Crippen molar-refractivity contribution in [2.45, 2.75) is 6.92 Å². The first-order valence-electron chi connectivity index (χ1n) is 5.90. The summed E-state index contributed by atoms with van der Waals surface area (Å²) in [6.07, 6.45) is 7.97. The summed E-state index contributed by atoms with van der Waals surface area (Å²) in [6, 6.07) is 4.04. The van der Waals surface area contributed by atoms with Crippen molar-refractivity contribution in [1.82, 2.24) is 20.8 Å². The van der Waals surface area contributed by atoms with E-state index in [9.17, 15) is 4.79 Å². The molecule has 3 heterocycles. The van der Waals surface area contributed by atoms with E-state index < -0.39 is 5.97 Å². The lowest BCUT2D eigenvalue weighted by Crippen LogP contribution is -2.12. The molecular weight excluding hydrogens is 290 g/mol. The minimum atomic E-state index is -1.03. The average Bonchev–Trinajstić information content (AvgIpc) is 3.12. The Labute approximate surface area is 125 Å². The van der Waals surface area contributed by atoms with Crippen molar-refractivity contribution in [1.29, 1.82) is 0 Å². The Morgan fingerprint density at radius 3 is 2.48 bits per heavy atom. The van der Waals surface area contributed by atoms with Crippen molar-refractivity contribution < 1.29 is 9.90 Å². The molecule has 8 heteroatoms. The van der Waals surface area contributed by atoms with Crippen LogP contribution in [0.15, 0.2) is 58.6 Å². The van der Waals surface area contributed by atoms with Crippen LogP contribution in [0.5, 0.6) is 0 Å². The molecule has 1 aliphatic rings. The highest BCUT2D eigenvalue weighted by Gasteiger charge is 2.03. The number of H-pyrrole nitrogens is 1. The van der Waals surface area contributed by atoms with Gasteiger partial charge in [0, 0.05) is 12.4 Å². The maximum atomic E-state index is 10.3. The van der Waals surface area contributed by atoms with Gasteiger partial charge in [-0.25, -0.2) is 4.79 Å². The molecule has 0 aromatic carbocycles. The van der Waals surface area contributed by atoms with E-state index in [-0.39, 0.29) is 5.71 Å². The van der Waals surface area contributed by atoms with Crippen LogP contribution in [0.3, 0.4) is 0 Å². The normalized spacial score (nSPS) is 11.8. The van der Waals surface area contributed by atoms with E-state index in [1.807, 2.05) is 29.8 Å². The highest BCUT2D eigenvalue weighted by atomic mass is 32.1. The Hall–Kier alpha value is -2.74. The van der Waals surface area contributed by atoms with Crippen molar-refractivity contribution in [3.63, 3.8) is 0 Å². The molecule has 0 atom stereocenters. The minimum Gasteiger partial charge on any atom is -0.476 e. The quantitative estimate of drug-likeness (QED) is 0.747. The number of allylic oxidation sites excluding steroid dienone is 2. The highest BCUT2D eigenvalue weighted by molar-refractivity contribution is 7.07. The van der Waals surface area contributed by atoms with Crippen molar-refractivity contribution in [3.8, 4) is 0 Å². The van der Waals surface area contributed by atoms with Crippen LogP contribution in [0.25, 0.3) is 0 Å². The number of nitrogens with one attached hydrogen (secondary N) is 2. The molecule has 110 valence electrons. The first-order valence-corrected chi connectivity index (χ1v) is 6.84. The lowest BCUT2D eigenvalue weighted by atomic mass is 10.3. The number of aromatic amines is 1. The van der Waals surface area contributed by atoms with Gasteiger partial charge in [0.2, 0.25) is 0 Å². The molecule has 0 aliphatic carbocycles. The van der Waals surface area contributed by atoms with Gasteiger partial charge in [-0.05, 0) is 29.8 Å². The third kappa shape index (κ3) is 8.11. The number of hydrogen-bond acceptors (Lipinski definition) is 6. The topological polar surface area (TPSA) is 103 Å². The van der Waals surface area contributed by atoms with Gasteiger partial charge in [0.1, 0.15) is 0 Å². The molecule has 0 bridgehead atoms. The average molecular weight is 305 g/mol. The van der Waals surface area contributed by atoms with E-state index >= 15 is 0 Å². The molecule has 3 N–H and O–H groups in total. The Morgan fingerprint density at radius 1 is 1.29 bits per heavy atom. The van der Waals surface area contributed by atoms with Crippen molar-refractivity contribution in [2.24, 2.45) is 5.10 Å². The molecule has 2 aromatic heterocycles. The summed E-state index contributed by atoms with van der Waals surface area (Å²) in [5.74, 6) is -1.03. The van der Waals surface area contributed by atoms with Gasteiger partial charge in [-0.15, -0.1) is 5.10 Å². The molecule has 7 nitrogen and oxygen atoms in total. The second kappa shape index (κ2) is 10.1. The van der Waals surface area contributed by atoms with Crippen molar-refractivity contribution in [2.75, 3.05) is 0 Å². The molecule has 0 fully saturated rings. The molecular formula is C13H15N5O2S. The van der Waals surface area contributed by atoms with Crippen molar-refractivity contribution in [3.05, 3.63) is 59.2 Å². The summed E-state index contributed by atoms with van der Waals surface area (Å²) in [5, 5.41) is 25.6. The minimum absolute atomic E-state index is 0.00463. The van der Waals surface area contributed by atoms with Gasteiger partial charge in [-0.2, -0.15) is 16.4 Å². The lowest BCUT2D eigenvalue weighted by molar-refractivity contribution is -0.129. The van der Waals surface area contributed by atoms with Gasteiger partial charge in [0.25, 0.3) is 0 Å². The van der Waals surface area contributed by atoms with Gasteiger partial charge in [0.05, 0.1) is 5.69 Å². The second-order valence-corrected chi connectivity index (χ2v) is 4.37. The number of aromatic nitrogens is 3. The molecule has 0 amide bonds.